The van der Waals surface area contributed by atoms with Crippen molar-refractivity contribution in [2.75, 3.05) is 0 Å². The van der Waals surface area contributed by atoms with Crippen molar-refractivity contribution in [3.8, 4) is 12.1 Å². The van der Waals surface area contributed by atoms with Crippen molar-refractivity contribution < 1.29 is 0 Å². The van der Waals surface area contributed by atoms with Crippen LogP contribution in [0.4, 0.5) is 0 Å². The van der Waals surface area contributed by atoms with Crippen molar-refractivity contribution in [3.63, 3.8) is 0 Å². The largest absolute Gasteiger partial charge is 0.197 e. The average Bonchev–Trinajstić information content (AvgIpc) is 2.56. The molecule has 1 fully saturated rings. The summed E-state index contributed by atoms with van der Waals surface area (Å²) >= 11 is 0. The fourth-order valence-corrected chi connectivity index (χ4v) is 2.08. The van der Waals surface area contributed by atoms with Gasteiger partial charge in [0.1, 0.15) is 5.41 Å². The first kappa shape index (κ1) is 8.08. The second kappa shape index (κ2) is 2.24. The van der Waals surface area contributed by atoms with Crippen molar-refractivity contribution in [1.29, 1.82) is 10.5 Å². The van der Waals surface area contributed by atoms with Gasteiger partial charge >= 0.3 is 0 Å². The number of nitriles is 2. The maximum Gasteiger partial charge on any atom is 0.150 e. The van der Waals surface area contributed by atoms with E-state index in [0.29, 0.717) is 5.92 Å². The van der Waals surface area contributed by atoms with Crippen LogP contribution in [-0.4, -0.2) is 0 Å². The lowest BCUT2D eigenvalue weighted by Crippen LogP contribution is -2.01. The van der Waals surface area contributed by atoms with Crippen LogP contribution in [0.1, 0.15) is 20.8 Å². The molecule has 1 rings (SSSR count). The van der Waals surface area contributed by atoms with E-state index < -0.39 is 5.41 Å². The Morgan fingerprint density at radius 2 is 1.73 bits per heavy atom. The molecular formula is C9H12N2. The van der Waals surface area contributed by atoms with Gasteiger partial charge in [-0.2, -0.15) is 10.5 Å². The van der Waals surface area contributed by atoms with E-state index in [4.69, 9.17) is 10.5 Å². The van der Waals surface area contributed by atoms with Crippen LogP contribution in [0, 0.1) is 45.8 Å². The second-order valence-electron chi connectivity index (χ2n) is 3.65. The summed E-state index contributed by atoms with van der Waals surface area (Å²) < 4.78 is 0. The number of rotatable bonds is 1. The molecule has 0 N–H and O–H groups in total. The van der Waals surface area contributed by atoms with Gasteiger partial charge in [-0.15, -0.1) is 0 Å². The maximum absolute atomic E-state index is 8.77. The Kier molecular flexibility index (Phi) is 1.64. The lowest BCUT2D eigenvalue weighted by Gasteiger charge is -2.00. The molecule has 1 saturated carbocycles. The first-order chi connectivity index (χ1) is 5.10. The summed E-state index contributed by atoms with van der Waals surface area (Å²) in [6.45, 7) is 6.12. The Morgan fingerprint density at radius 1 is 1.27 bits per heavy atom. The molecule has 0 amide bonds. The number of hydrogen-bond acceptors (Lipinski definition) is 2. The van der Waals surface area contributed by atoms with Crippen molar-refractivity contribution >= 4 is 0 Å². The molecule has 2 nitrogen and oxygen atoms in total. The molecule has 0 aromatic carbocycles. The molecule has 58 valence electrons. The Hall–Kier alpha value is -1.02. The van der Waals surface area contributed by atoms with Gasteiger partial charge in [0.2, 0.25) is 0 Å². The summed E-state index contributed by atoms with van der Waals surface area (Å²) in [4.78, 5) is 0. The van der Waals surface area contributed by atoms with Crippen molar-refractivity contribution in [3.05, 3.63) is 0 Å². The average molecular weight is 148 g/mol. The first-order valence-electron chi connectivity index (χ1n) is 3.92. The van der Waals surface area contributed by atoms with Gasteiger partial charge in [-0.3, -0.25) is 0 Å². The van der Waals surface area contributed by atoms with Crippen LogP contribution >= 0.6 is 0 Å². The Balaban J connectivity index is 2.83. The summed E-state index contributed by atoms with van der Waals surface area (Å²) in [5, 5.41) is 17.5. The van der Waals surface area contributed by atoms with E-state index in [1.807, 2.05) is 6.92 Å². The molecule has 0 unspecified atom stereocenters. The fraction of sp³-hybridized carbons (Fsp3) is 0.778. The monoisotopic (exact) mass is 148 g/mol. The third kappa shape index (κ3) is 0.828. The minimum absolute atomic E-state index is 0.262. The number of nitrogens with zero attached hydrogens (tertiary/aromatic N) is 2. The van der Waals surface area contributed by atoms with Gasteiger partial charge < -0.3 is 0 Å². The molecule has 1 aliphatic carbocycles. The van der Waals surface area contributed by atoms with Crippen LogP contribution in [0.3, 0.4) is 0 Å². The van der Waals surface area contributed by atoms with E-state index in [0.717, 1.165) is 0 Å². The molecule has 1 aliphatic rings. The topological polar surface area (TPSA) is 47.6 Å². The molecule has 0 aromatic heterocycles. The molecule has 11 heavy (non-hydrogen) atoms. The van der Waals surface area contributed by atoms with Gasteiger partial charge in [0.05, 0.1) is 12.1 Å². The van der Waals surface area contributed by atoms with Gasteiger partial charge in [-0.05, 0) is 17.8 Å². The molecule has 2 heteroatoms. The highest BCUT2D eigenvalue weighted by molar-refractivity contribution is 5.31. The van der Waals surface area contributed by atoms with Gasteiger partial charge in [-0.1, -0.05) is 20.8 Å². The molecule has 0 heterocycles. The summed E-state index contributed by atoms with van der Waals surface area (Å²) in [7, 11) is 0. The predicted molar refractivity (Wildman–Crippen MR) is 41.2 cm³/mol. The molecular weight excluding hydrogens is 136 g/mol. The second-order valence-corrected chi connectivity index (χ2v) is 3.65. The van der Waals surface area contributed by atoms with Crippen molar-refractivity contribution in [1.82, 2.24) is 0 Å². The highest BCUT2D eigenvalue weighted by Gasteiger charge is 2.64. The van der Waals surface area contributed by atoms with E-state index >= 15 is 0 Å². The van der Waals surface area contributed by atoms with Crippen LogP contribution < -0.4 is 0 Å². The molecule has 0 bridgehead atoms. The highest BCUT2D eigenvalue weighted by atomic mass is 14.7. The molecule has 0 radical (unpaired) electrons. The van der Waals surface area contributed by atoms with Crippen molar-refractivity contribution in [2.24, 2.45) is 23.2 Å². The first-order valence-corrected chi connectivity index (χ1v) is 3.92. The minimum Gasteiger partial charge on any atom is -0.197 e. The van der Waals surface area contributed by atoms with Crippen LogP contribution in [0.5, 0.6) is 0 Å². The van der Waals surface area contributed by atoms with E-state index in [-0.39, 0.29) is 11.8 Å². The molecule has 0 aromatic rings. The van der Waals surface area contributed by atoms with Crippen LogP contribution in [0.25, 0.3) is 0 Å². The number of hydrogen-bond donors (Lipinski definition) is 0. The van der Waals surface area contributed by atoms with Crippen LogP contribution in [0.2, 0.25) is 0 Å². The lowest BCUT2D eigenvalue weighted by atomic mass is 10.0. The predicted octanol–water partition coefficient (Wildman–Crippen LogP) is 1.94. The SMILES string of the molecule is CC(C)[C@@H]1[C@H](C)C1(C#N)C#N. The van der Waals surface area contributed by atoms with E-state index in [1.165, 1.54) is 0 Å². The van der Waals surface area contributed by atoms with Gasteiger partial charge in [0, 0.05) is 0 Å². The smallest absolute Gasteiger partial charge is 0.150 e. The Bertz CT molecular complexity index is 227. The molecule has 0 saturated heterocycles. The van der Waals surface area contributed by atoms with Crippen molar-refractivity contribution in [2.45, 2.75) is 20.8 Å². The third-order valence-corrected chi connectivity index (χ3v) is 2.76. The van der Waals surface area contributed by atoms with Gasteiger partial charge in [0.25, 0.3) is 0 Å². The van der Waals surface area contributed by atoms with Gasteiger partial charge in [-0.25, -0.2) is 0 Å². The van der Waals surface area contributed by atoms with Crippen LogP contribution in [0.15, 0.2) is 0 Å². The zero-order chi connectivity index (χ0) is 8.65. The summed E-state index contributed by atoms with van der Waals surface area (Å²) in [5.74, 6) is 0.999. The zero-order valence-electron chi connectivity index (χ0n) is 7.13. The lowest BCUT2D eigenvalue weighted by molar-refractivity contribution is 0.505. The third-order valence-electron chi connectivity index (χ3n) is 2.76. The Labute approximate surface area is 67.4 Å². The summed E-state index contributed by atoms with van der Waals surface area (Å²) in [5.41, 5.74) is -0.659. The fourth-order valence-electron chi connectivity index (χ4n) is 2.08. The standard InChI is InChI=1S/C9H12N2/c1-6(2)8-7(3)9(8,4-10)5-11/h6-8H,1-3H3/t7-,8+/m0/s1. The Morgan fingerprint density at radius 3 is 1.82 bits per heavy atom. The molecule has 2 atom stereocenters. The summed E-state index contributed by atoms with van der Waals surface area (Å²) in [6, 6.07) is 4.24. The van der Waals surface area contributed by atoms with Gasteiger partial charge in [0.15, 0.2) is 0 Å². The van der Waals surface area contributed by atoms with E-state index in [2.05, 4.69) is 26.0 Å². The van der Waals surface area contributed by atoms with Crippen LogP contribution in [-0.2, 0) is 0 Å². The normalized spacial score (nSPS) is 32.5. The van der Waals surface area contributed by atoms with E-state index in [9.17, 15) is 0 Å². The minimum atomic E-state index is -0.659. The highest BCUT2D eigenvalue weighted by Crippen LogP contribution is 2.61. The van der Waals surface area contributed by atoms with E-state index in [1.54, 1.807) is 0 Å². The zero-order valence-corrected chi connectivity index (χ0v) is 7.13. The molecule has 0 spiro atoms. The molecule has 0 aliphatic heterocycles. The maximum atomic E-state index is 8.77. The quantitative estimate of drug-likeness (QED) is 0.570. The summed E-state index contributed by atoms with van der Waals surface area (Å²) in [6.07, 6.45) is 0.